The van der Waals surface area contributed by atoms with Crippen LogP contribution >= 0.6 is 11.3 Å². The van der Waals surface area contributed by atoms with Crippen molar-refractivity contribution in [2.45, 2.75) is 13.5 Å². The number of thiophene rings is 1. The molecule has 0 aliphatic carbocycles. The molecule has 26 heavy (non-hydrogen) atoms. The molecule has 0 bridgehead atoms. The zero-order valence-corrected chi connectivity index (χ0v) is 14.8. The fraction of sp³-hybridized carbons (Fsp3) is 0.100. The Bertz CT molecular complexity index is 1220. The largest absolute Gasteiger partial charge is 0.329 e. The van der Waals surface area contributed by atoms with Gasteiger partial charge in [0.05, 0.1) is 11.9 Å². The molecule has 130 valence electrons. The third-order valence-corrected chi connectivity index (χ3v) is 5.20. The predicted molar refractivity (Wildman–Crippen MR) is 102 cm³/mol. The number of halogens is 1. The van der Waals surface area contributed by atoms with Crippen LogP contribution in [-0.4, -0.2) is 9.55 Å². The average molecular weight is 366 g/mol. The summed E-state index contributed by atoms with van der Waals surface area (Å²) in [5, 5.41) is 2.36. The zero-order chi connectivity index (χ0) is 18.3. The number of benzene rings is 2. The van der Waals surface area contributed by atoms with Crippen molar-refractivity contribution in [3.05, 3.63) is 91.7 Å². The summed E-state index contributed by atoms with van der Waals surface area (Å²) >= 11 is 1.33. The monoisotopic (exact) mass is 366 g/mol. The SMILES string of the molecule is Cc1ccc(-c2csc3[nH]c(=O)n(Cc4cccc(F)c4)c(=O)c23)cc1. The Balaban J connectivity index is 1.89. The molecule has 4 aromatic rings. The topological polar surface area (TPSA) is 54.9 Å². The number of fused-ring (bicyclic) bond motifs is 1. The summed E-state index contributed by atoms with van der Waals surface area (Å²) in [7, 11) is 0. The maximum Gasteiger partial charge on any atom is 0.329 e. The van der Waals surface area contributed by atoms with Gasteiger partial charge in [-0.25, -0.2) is 9.18 Å². The molecular weight excluding hydrogens is 351 g/mol. The fourth-order valence-electron chi connectivity index (χ4n) is 2.96. The van der Waals surface area contributed by atoms with E-state index in [0.717, 1.165) is 21.3 Å². The highest BCUT2D eigenvalue weighted by atomic mass is 32.1. The van der Waals surface area contributed by atoms with Gasteiger partial charge in [0, 0.05) is 10.9 Å². The van der Waals surface area contributed by atoms with E-state index in [1.165, 1.54) is 23.5 Å². The van der Waals surface area contributed by atoms with E-state index >= 15 is 0 Å². The van der Waals surface area contributed by atoms with Crippen LogP contribution in [-0.2, 0) is 6.54 Å². The Morgan fingerprint density at radius 3 is 2.62 bits per heavy atom. The van der Waals surface area contributed by atoms with Crippen LogP contribution in [0.5, 0.6) is 0 Å². The minimum absolute atomic E-state index is 0.0189. The van der Waals surface area contributed by atoms with Crippen molar-refractivity contribution in [2.24, 2.45) is 0 Å². The maximum absolute atomic E-state index is 13.4. The summed E-state index contributed by atoms with van der Waals surface area (Å²) in [6.07, 6.45) is 0. The summed E-state index contributed by atoms with van der Waals surface area (Å²) in [4.78, 5) is 28.7. The minimum atomic E-state index is -0.496. The highest BCUT2D eigenvalue weighted by Crippen LogP contribution is 2.30. The maximum atomic E-state index is 13.4. The van der Waals surface area contributed by atoms with E-state index in [4.69, 9.17) is 0 Å². The Morgan fingerprint density at radius 1 is 1.12 bits per heavy atom. The van der Waals surface area contributed by atoms with Crippen LogP contribution in [0.2, 0.25) is 0 Å². The standard InChI is InChI=1S/C20H15FN2O2S/c1-12-5-7-14(8-6-12)16-11-26-18-17(16)19(24)23(20(25)22-18)10-13-3-2-4-15(21)9-13/h2-9,11H,10H2,1H3,(H,22,25). The molecule has 0 fully saturated rings. The molecule has 0 radical (unpaired) electrons. The first-order chi connectivity index (χ1) is 12.5. The van der Waals surface area contributed by atoms with Crippen molar-refractivity contribution in [3.63, 3.8) is 0 Å². The van der Waals surface area contributed by atoms with Crippen LogP contribution < -0.4 is 11.2 Å². The van der Waals surface area contributed by atoms with E-state index in [0.29, 0.717) is 15.8 Å². The lowest BCUT2D eigenvalue weighted by molar-refractivity contribution is 0.621. The summed E-state index contributed by atoms with van der Waals surface area (Å²) in [5.74, 6) is -0.399. The van der Waals surface area contributed by atoms with Gasteiger partial charge in [0.1, 0.15) is 10.6 Å². The molecule has 2 aromatic heterocycles. The van der Waals surface area contributed by atoms with Crippen LogP contribution in [0, 0.1) is 12.7 Å². The molecule has 0 spiro atoms. The Morgan fingerprint density at radius 2 is 1.88 bits per heavy atom. The number of hydrogen-bond donors (Lipinski definition) is 1. The smallest absolute Gasteiger partial charge is 0.298 e. The lowest BCUT2D eigenvalue weighted by Gasteiger charge is -2.06. The lowest BCUT2D eigenvalue weighted by Crippen LogP contribution is -2.35. The van der Waals surface area contributed by atoms with Crippen LogP contribution in [0.1, 0.15) is 11.1 Å². The third kappa shape index (κ3) is 2.88. The van der Waals surface area contributed by atoms with Crippen LogP contribution in [0.15, 0.2) is 63.5 Å². The summed E-state index contributed by atoms with van der Waals surface area (Å²) in [5.41, 5.74) is 2.53. The Kier molecular flexibility index (Phi) is 4.05. The first-order valence-corrected chi connectivity index (χ1v) is 8.97. The van der Waals surface area contributed by atoms with Crippen molar-refractivity contribution in [2.75, 3.05) is 0 Å². The molecule has 0 aliphatic heterocycles. The van der Waals surface area contributed by atoms with Gasteiger partial charge in [0.15, 0.2) is 0 Å². The quantitative estimate of drug-likeness (QED) is 0.598. The molecule has 0 atom stereocenters. The van der Waals surface area contributed by atoms with Crippen LogP contribution in [0.4, 0.5) is 4.39 Å². The van der Waals surface area contributed by atoms with Gasteiger partial charge in [-0.3, -0.25) is 14.3 Å². The second-order valence-electron chi connectivity index (χ2n) is 6.17. The van der Waals surface area contributed by atoms with Crippen molar-refractivity contribution >= 4 is 21.6 Å². The van der Waals surface area contributed by atoms with Gasteiger partial charge in [0.25, 0.3) is 5.56 Å². The third-order valence-electron chi connectivity index (χ3n) is 4.31. The van der Waals surface area contributed by atoms with Gasteiger partial charge < -0.3 is 0 Å². The first kappa shape index (κ1) is 16.5. The molecule has 2 aromatic carbocycles. The molecule has 1 N–H and O–H groups in total. The molecule has 4 nitrogen and oxygen atoms in total. The van der Waals surface area contributed by atoms with Crippen LogP contribution in [0.25, 0.3) is 21.3 Å². The summed E-state index contributed by atoms with van der Waals surface area (Å²) in [6.45, 7) is 2.02. The van der Waals surface area contributed by atoms with Crippen molar-refractivity contribution in [1.29, 1.82) is 0 Å². The van der Waals surface area contributed by atoms with Crippen molar-refractivity contribution < 1.29 is 4.39 Å². The van der Waals surface area contributed by atoms with Crippen LogP contribution in [0.3, 0.4) is 0 Å². The van der Waals surface area contributed by atoms with E-state index in [1.54, 1.807) is 12.1 Å². The molecule has 0 amide bonds. The average Bonchev–Trinajstić information content (AvgIpc) is 3.03. The molecule has 0 aliphatic rings. The number of H-pyrrole nitrogens is 1. The molecule has 0 saturated heterocycles. The molecular formula is C20H15FN2O2S. The summed E-state index contributed by atoms with van der Waals surface area (Å²) in [6, 6.07) is 13.8. The Labute approximate surface area is 152 Å². The van der Waals surface area contributed by atoms with E-state index < -0.39 is 11.5 Å². The molecule has 4 rings (SSSR count). The zero-order valence-electron chi connectivity index (χ0n) is 14.0. The predicted octanol–water partition coefficient (Wildman–Crippen LogP) is 3.91. The highest BCUT2D eigenvalue weighted by Gasteiger charge is 2.15. The van der Waals surface area contributed by atoms with E-state index in [1.807, 2.05) is 36.6 Å². The van der Waals surface area contributed by atoms with Gasteiger partial charge in [0.2, 0.25) is 0 Å². The number of nitrogens with one attached hydrogen (secondary N) is 1. The van der Waals surface area contributed by atoms with E-state index in [-0.39, 0.29) is 12.1 Å². The number of hydrogen-bond acceptors (Lipinski definition) is 3. The fourth-order valence-corrected chi connectivity index (χ4v) is 3.91. The Hall–Kier alpha value is -2.99. The van der Waals surface area contributed by atoms with Gasteiger partial charge >= 0.3 is 5.69 Å². The first-order valence-electron chi connectivity index (χ1n) is 8.09. The van der Waals surface area contributed by atoms with E-state index in [9.17, 15) is 14.0 Å². The second kappa shape index (κ2) is 6.38. The second-order valence-corrected chi connectivity index (χ2v) is 7.05. The van der Waals surface area contributed by atoms with Crippen molar-refractivity contribution in [3.8, 4) is 11.1 Å². The van der Waals surface area contributed by atoms with Gasteiger partial charge in [-0.15, -0.1) is 11.3 Å². The minimum Gasteiger partial charge on any atom is -0.298 e. The number of rotatable bonds is 3. The highest BCUT2D eigenvalue weighted by molar-refractivity contribution is 7.17. The number of nitrogens with zero attached hydrogens (tertiary/aromatic N) is 1. The number of aromatic nitrogens is 2. The normalized spacial score (nSPS) is 11.2. The van der Waals surface area contributed by atoms with Gasteiger partial charge in [-0.05, 0) is 30.2 Å². The summed E-state index contributed by atoms with van der Waals surface area (Å²) < 4.78 is 14.5. The molecule has 0 unspecified atom stereocenters. The molecule has 6 heteroatoms. The number of aromatic amines is 1. The lowest BCUT2D eigenvalue weighted by atomic mass is 10.1. The molecule has 0 saturated carbocycles. The van der Waals surface area contributed by atoms with Gasteiger partial charge in [-0.2, -0.15) is 0 Å². The van der Waals surface area contributed by atoms with Gasteiger partial charge in [-0.1, -0.05) is 42.0 Å². The number of aryl methyl sites for hydroxylation is 1. The van der Waals surface area contributed by atoms with Crippen molar-refractivity contribution in [1.82, 2.24) is 9.55 Å². The molecule has 2 heterocycles. The van der Waals surface area contributed by atoms with E-state index in [2.05, 4.69) is 4.98 Å².